The summed E-state index contributed by atoms with van der Waals surface area (Å²) >= 11 is 0. The van der Waals surface area contributed by atoms with Gasteiger partial charge in [-0.3, -0.25) is 0 Å². The molecule has 1 radical (unpaired) electrons. The van der Waals surface area contributed by atoms with Crippen LogP contribution in [0.5, 0.6) is 0 Å². The van der Waals surface area contributed by atoms with Crippen molar-refractivity contribution in [3.63, 3.8) is 0 Å². The largest absolute Gasteiger partial charge is 0.380 e. The molecule has 0 aliphatic carbocycles. The van der Waals surface area contributed by atoms with Crippen LogP contribution in [0.2, 0.25) is 0 Å². The summed E-state index contributed by atoms with van der Waals surface area (Å²) in [6.45, 7) is 6.06. The van der Waals surface area contributed by atoms with Gasteiger partial charge in [-0.15, -0.1) is 0 Å². The van der Waals surface area contributed by atoms with E-state index >= 15 is 0 Å². The van der Waals surface area contributed by atoms with Crippen LogP contribution in [0.25, 0.3) is 0 Å². The summed E-state index contributed by atoms with van der Waals surface area (Å²) in [6.07, 6.45) is 6.51. The fraction of sp³-hybridized carbons (Fsp3) is 0.750. The van der Waals surface area contributed by atoms with Gasteiger partial charge >= 0.3 is 0 Å². The fourth-order valence-electron chi connectivity index (χ4n) is 0.631. The van der Waals surface area contributed by atoms with Crippen LogP contribution in [-0.4, -0.2) is 11.2 Å². The van der Waals surface area contributed by atoms with Crippen molar-refractivity contribution in [1.82, 2.24) is 0 Å². The minimum atomic E-state index is -0.690. The Hall–Kier alpha value is -0.480. The second-order valence-corrected chi connectivity index (χ2v) is 3.42. The molecular weight excluding hydrogens is 112 g/mol. The standard InChI is InChI=1S/C8H13O/c1-5-7(9)6-8(2,3)4/h7,9H,6H2,2-4H3. The van der Waals surface area contributed by atoms with Gasteiger partial charge < -0.3 is 5.11 Å². The molecule has 51 valence electrons. The molecule has 1 N–H and O–H groups in total. The lowest BCUT2D eigenvalue weighted by Gasteiger charge is -2.18. The summed E-state index contributed by atoms with van der Waals surface area (Å²) in [5.74, 6) is 2.03. The van der Waals surface area contributed by atoms with Gasteiger partial charge in [0.15, 0.2) is 0 Å². The van der Waals surface area contributed by atoms with Crippen molar-refractivity contribution >= 4 is 0 Å². The first-order valence-electron chi connectivity index (χ1n) is 3.06. The van der Waals surface area contributed by atoms with Gasteiger partial charge in [-0.25, -0.2) is 0 Å². The molecule has 0 aromatic heterocycles. The normalized spacial score (nSPS) is 14.6. The molecule has 1 unspecified atom stereocenters. The van der Waals surface area contributed by atoms with E-state index in [1.165, 1.54) is 0 Å². The molecular formula is C8H13O. The molecule has 0 rings (SSSR count). The number of aliphatic hydroxyl groups is 1. The molecule has 9 heavy (non-hydrogen) atoms. The van der Waals surface area contributed by atoms with Crippen molar-refractivity contribution in [2.75, 3.05) is 0 Å². The number of rotatable bonds is 1. The zero-order chi connectivity index (χ0) is 7.49. The van der Waals surface area contributed by atoms with Gasteiger partial charge in [-0.05, 0) is 18.3 Å². The molecule has 1 nitrogen and oxygen atoms in total. The third-order valence-electron chi connectivity index (χ3n) is 0.972. The van der Waals surface area contributed by atoms with E-state index in [4.69, 9.17) is 11.5 Å². The van der Waals surface area contributed by atoms with Crippen LogP contribution in [0.4, 0.5) is 0 Å². The summed E-state index contributed by atoms with van der Waals surface area (Å²) in [6, 6.07) is 0. The summed E-state index contributed by atoms with van der Waals surface area (Å²) in [4.78, 5) is 0. The fourth-order valence-corrected chi connectivity index (χ4v) is 0.631. The average molecular weight is 125 g/mol. The van der Waals surface area contributed by atoms with Crippen LogP contribution >= 0.6 is 0 Å². The first-order chi connectivity index (χ1) is 3.95. The third-order valence-corrected chi connectivity index (χ3v) is 0.972. The molecule has 0 amide bonds. The predicted molar refractivity (Wildman–Crippen MR) is 37.2 cm³/mol. The molecule has 0 spiro atoms. The van der Waals surface area contributed by atoms with E-state index in [2.05, 4.69) is 0 Å². The molecule has 0 fully saturated rings. The molecule has 1 heteroatoms. The molecule has 0 aromatic rings. The van der Waals surface area contributed by atoms with E-state index in [9.17, 15) is 0 Å². The van der Waals surface area contributed by atoms with Crippen LogP contribution in [0.1, 0.15) is 27.2 Å². The van der Waals surface area contributed by atoms with E-state index in [1.807, 2.05) is 26.7 Å². The minimum Gasteiger partial charge on any atom is -0.380 e. The van der Waals surface area contributed by atoms with Gasteiger partial charge in [0, 0.05) is 0 Å². The first kappa shape index (κ1) is 8.52. The van der Waals surface area contributed by atoms with E-state index in [1.54, 1.807) is 0 Å². The Morgan fingerprint density at radius 3 is 2.11 bits per heavy atom. The zero-order valence-corrected chi connectivity index (χ0v) is 6.23. The quantitative estimate of drug-likeness (QED) is 0.525. The highest BCUT2D eigenvalue weighted by atomic mass is 16.3. The molecule has 0 saturated heterocycles. The van der Waals surface area contributed by atoms with Gasteiger partial charge in [0.2, 0.25) is 0 Å². The second-order valence-electron chi connectivity index (χ2n) is 3.42. The van der Waals surface area contributed by atoms with Crippen molar-refractivity contribution in [3.05, 3.63) is 6.42 Å². The maximum absolute atomic E-state index is 8.89. The third kappa shape index (κ3) is 5.39. The Morgan fingerprint density at radius 1 is 1.56 bits per heavy atom. The molecule has 0 aliphatic rings. The Morgan fingerprint density at radius 2 is 2.00 bits per heavy atom. The van der Waals surface area contributed by atoms with Crippen molar-refractivity contribution in [1.29, 1.82) is 0 Å². The summed E-state index contributed by atoms with van der Waals surface area (Å²) in [5.41, 5.74) is 0.0907. The van der Waals surface area contributed by atoms with E-state index in [0.29, 0.717) is 6.42 Å². The van der Waals surface area contributed by atoms with Crippen LogP contribution in [0, 0.1) is 17.8 Å². The van der Waals surface area contributed by atoms with Gasteiger partial charge in [0.1, 0.15) is 6.10 Å². The van der Waals surface area contributed by atoms with Crippen molar-refractivity contribution in [2.24, 2.45) is 5.41 Å². The molecule has 0 aromatic carbocycles. The lowest BCUT2D eigenvalue weighted by molar-refractivity contribution is 0.169. The predicted octanol–water partition coefficient (Wildman–Crippen LogP) is 1.37. The number of aliphatic hydroxyl groups excluding tert-OH is 1. The Bertz CT molecular complexity index is 114. The Kier molecular flexibility index (Phi) is 2.73. The summed E-state index contributed by atoms with van der Waals surface area (Å²) in [7, 11) is 0. The van der Waals surface area contributed by atoms with Crippen molar-refractivity contribution < 1.29 is 5.11 Å². The highest BCUT2D eigenvalue weighted by Gasteiger charge is 2.14. The lowest BCUT2D eigenvalue weighted by Crippen LogP contribution is -2.15. The smallest absolute Gasteiger partial charge is 0.116 e. The SMILES string of the molecule is [C]#CC(O)CC(C)(C)C. The average Bonchev–Trinajstić information content (AvgIpc) is 1.62. The molecule has 0 heterocycles. The molecule has 0 aliphatic heterocycles. The molecule has 0 bridgehead atoms. The summed E-state index contributed by atoms with van der Waals surface area (Å²) in [5, 5.41) is 8.89. The number of hydrogen-bond donors (Lipinski definition) is 1. The van der Waals surface area contributed by atoms with E-state index < -0.39 is 6.10 Å². The monoisotopic (exact) mass is 125 g/mol. The van der Waals surface area contributed by atoms with Crippen LogP contribution in [0.3, 0.4) is 0 Å². The van der Waals surface area contributed by atoms with Gasteiger partial charge in [0.05, 0.1) is 0 Å². The topological polar surface area (TPSA) is 20.2 Å². The van der Waals surface area contributed by atoms with Crippen molar-refractivity contribution in [2.45, 2.75) is 33.3 Å². The van der Waals surface area contributed by atoms with Gasteiger partial charge in [-0.2, -0.15) is 0 Å². The Labute approximate surface area is 57.1 Å². The molecule has 0 saturated carbocycles. The minimum absolute atomic E-state index is 0.0907. The van der Waals surface area contributed by atoms with Gasteiger partial charge in [0.25, 0.3) is 0 Å². The van der Waals surface area contributed by atoms with E-state index in [0.717, 1.165) is 0 Å². The van der Waals surface area contributed by atoms with Crippen molar-refractivity contribution in [3.8, 4) is 5.92 Å². The maximum Gasteiger partial charge on any atom is 0.116 e. The summed E-state index contributed by atoms with van der Waals surface area (Å²) < 4.78 is 0. The number of hydrogen-bond acceptors (Lipinski definition) is 1. The highest BCUT2D eigenvalue weighted by Crippen LogP contribution is 2.19. The maximum atomic E-state index is 8.89. The van der Waals surface area contributed by atoms with Crippen LogP contribution in [0.15, 0.2) is 0 Å². The van der Waals surface area contributed by atoms with Crippen LogP contribution < -0.4 is 0 Å². The lowest BCUT2D eigenvalue weighted by atomic mass is 9.89. The zero-order valence-electron chi connectivity index (χ0n) is 6.23. The first-order valence-corrected chi connectivity index (χ1v) is 3.06. The van der Waals surface area contributed by atoms with E-state index in [-0.39, 0.29) is 5.41 Å². The van der Waals surface area contributed by atoms with Crippen LogP contribution in [-0.2, 0) is 0 Å². The second kappa shape index (κ2) is 2.89. The Balaban J connectivity index is 3.63. The highest BCUT2D eigenvalue weighted by molar-refractivity contribution is 4.89. The van der Waals surface area contributed by atoms with Gasteiger partial charge in [-0.1, -0.05) is 26.7 Å². The molecule has 1 atom stereocenters.